The van der Waals surface area contributed by atoms with Gasteiger partial charge in [-0.2, -0.15) is 0 Å². The maximum absolute atomic E-state index is 12.6. The Morgan fingerprint density at radius 1 is 1.20 bits per heavy atom. The highest BCUT2D eigenvalue weighted by Crippen LogP contribution is 2.52. The van der Waals surface area contributed by atoms with E-state index in [-0.39, 0.29) is 18.4 Å². The number of amides is 2. The van der Waals surface area contributed by atoms with Crippen molar-refractivity contribution in [3.8, 4) is 0 Å². The number of benzene rings is 1. The zero-order valence-electron chi connectivity index (χ0n) is 10.6. The standard InChI is InChI=1S/C15H13NO4/c17-8-15-7-6-10(20-15)11-12(15)14(19)16(13(11)18)9-4-2-1-3-5-9/h1-7,10-12,17H,8H2. The van der Waals surface area contributed by atoms with Crippen LogP contribution in [0.3, 0.4) is 0 Å². The number of anilines is 1. The van der Waals surface area contributed by atoms with Crippen LogP contribution in [0, 0.1) is 11.8 Å². The third-order valence-corrected chi connectivity index (χ3v) is 4.42. The van der Waals surface area contributed by atoms with Crippen LogP contribution in [0.4, 0.5) is 5.69 Å². The molecule has 3 heterocycles. The lowest BCUT2D eigenvalue weighted by Crippen LogP contribution is -2.43. The normalized spacial score (nSPS) is 37.9. The lowest BCUT2D eigenvalue weighted by molar-refractivity contribution is -0.128. The molecule has 1 aromatic rings. The number of nitrogens with zero attached hydrogens (tertiary/aromatic N) is 1. The second-order valence-electron chi connectivity index (χ2n) is 5.41. The zero-order valence-corrected chi connectivity index (χ0v) is 10.6. The molecule has 2 bridgehead atoms. The third kappa shape index (κ3) is 1.24. The quantitative estimate of drug-likeness (QED) is 0.628. The minimum atomic E-state index is -1.02. The summed E-state index contributed by atoms with van der Waals surface area (Å²) >= 11 is 0. The van der Waals surface area contributed by atoms with Crippen LogP contribution in [-0.2, 0) is 14.3 Å². The number of para-hydroxylation sites is 1. The summed E-state index contributed by atoms with van der Waals surface area (Å²) in [6.45, 7) is -0.289. The summed E-state index contributed by atoms with van der Waals surface area (Å²) in [4.78, 5) is 26.4. The molecule has 0 spiro atoms. The molecule has 4 atom stereocenters. The molecule has 20 heavy (non-hydrogen) atoms. The molecule has 0 saturated carbocycles. The zero-order chi connectivity index (χ0) is 13.9. The van der Waals surface area contributed by atoms with Gasteiger partial charge in [0, 0.05) is 0 Å². The van der Waals surface area contributed by atoms with Crippen LogP contribution in [-0.4, -0.2) is 35.2 Å². The molecular weight excluding hydrogens is 258 g/mol. The van der Waals surface area contributed by atoms with E-state index in [0.717, 1.165) is 0 Å². The lowest BCUT2D eigenvalue weighted by atomic mass is 9.77. The van der Waals surface area contributed by atoms with Crippen molar-refractivity contribution >= 4 is 17.5 Å². The first-order chi connectivity index (χ1) is 9.68. The number of hydrogen-bond donors (Lipinski definition) is 1. The maximum Gasteiger partial charge on any atom is 0.241 e. The highest BCUT2D eigenvalue weighted by Gasteiger charge is 2.67. The highest BCUT2D eigenvalue weighted by molar-refractivity contribution is 6.23. The molecule has 4 unspecified atom stereocenters. The topological polar surface area (TPSA) is 66.8 Å². The molecule has 102 valence electrons. The summed E-state index contributed by atoms with van der Waals surface area (Å²) in [6, 6.07) is 8.88. The van der Waals surface area contributed by atoms with Crippen LogP contribution < -0.4 is 4.90 Å². The summed E-state index contributed by atoms with van der Waals surface area (Å²) in [6.07, 6.45) is 3.09. The van der Waals surface area contributed by atoms with Gasteiger partial charge in [0.2, 0.25) is 11.8 Å². The van der Waals surface area contributed by atoms with Gasteiger partial charge in [-0.1, -0.05) is 30.4 Å². The van der Waals surface area contributed by atoms with Crippen molar-refractivity contribution in [3.05, 3.63) is 42.5 Å². The van der Waals surface area contributed by atoms with E-state index in [1.54, 1.807) is 36.4 Å². The van der Waals surface area contributed by atoms with Gasteiger partial charge in [-0.25, -0.2) is 4.90 Å². The molecule has 0 aliphatic carbocycles. The molecule has 0 aromatic heterocycles. The van der Waals surface area contributed by atoms with Crippen molar-refractivity contribution in [3.63, 3.8) is 0 Å². The van der Waals surface area contributed by atoms with Crippen LogP contribution in [0.1, 0.15) is 0 Å². The number of fused-ring (bicyclic) bond motifs is 5. The molecule has 2 amide bonds. The fourth-order valence-electron chi connectivity index (χ4n) is 3.52. The van der Waals surface area contributed by atoms with Crippen LogP contribution in [0.5, 0.6) is 0 Å². The van der Waals surface area contributed by atoms with Gasteiger partial charge in [0.15, 0.2) is 0 Å². The molecule has 3 aliphatic heterocycles. The SMILES string of the molecule is O=C1C2C3C=CC(CO)(O3)C2C(=O)N1c1ccccc1. The van der Waals surface area contributed by atoms with Crippen LogP contribution in [0.25, 0.3) is 0 Å². The molecule has 0 radical (unpaired) electrons. The number of carbonyl (C=O) groups excluding carboxylic acids is 2. The van der Waals surface area contributed by atoms with Gasteiger partial charge >= 0.3 is 0 Å². The monoisotopic (exact) mass is 271 g/mol. The van der Waals surface area contributed by atoms with Crippen molar-refractivity contribution in [1.29, 1.82) is 0 Å². The van der Waals surface area contributed by atoms with Gasteiger partial charge in [-0.05, 0) is 12.1 Å². The van der Waals surface area contributed by atoms with E-state index in [4.69, 9.17) is 4.74 Å². The van der Waals surface area contributed by atoms with Gasteiger partial charge in [0.25, 0.3) is 0 Å². The minimum absolute atomic E-state index is 0.240. The predicted octanol–water partition coefficient (Wildman–Crippen LogP) is 0.492. The summed E-state index contributed by atoms with van der Waals surface area (Å²) in [7, 11) is 0. The number of aliphatic hydroxyl groups excluding tert-OH is 1. The molecule has 5 heteroatoms. The lowest BCUT2D eigenvalue weighted by Gasteiger charge is -2.26. The average molecular weight is 271 g/mol. The Bertz CT molecular complexity index is 626. The number of rotatable bonds is 2. The van der Waals surface area contributed by atoms with E-state index >= 15 is 0 Å². The van der Waals surface area contributed by atoms with Gasteiger partial charge in [0.05, 0.1) is 30.2 Å². The summed E-state index contributed by atoms with van der Waals surface area (Å²) in [5.41, 5.74) is -0.449. The van der Waals surface area contributed by atoms with Gasteiger partial charge in [-0.15, -0.1) is 0 Å². The minimum Gasteiger partial charge on any atom is -0.393 e. The van der Waals surface area contributed by atoms with Crippen molar-refractivity contribution < 1.29 is 19.4 Å². The van der Waals surface area contributed by atoms with Crippen molar-refractivity contribution in [2.75, 3.05) is 11.5 Å². The largest absolute Gasteiger partial charge is 0.393 e. The van der Waals surface area contributed by atoms with Crippen molar-refractivity contribution in [2.45, 2.75) is 11.7 Å². The molecule has 3 aliphatic rings. The maximum atomic E-state index is 12.6. The van der Waals surface area contributed by atoms with Crippen LogP contribution in [0.2, 0.25) is 0 Å². The highest BCUT2D eigenvalue weighted by atomic mass is 16.5. The molecule has 5 nitrogen and oxygen atoms in total. The third-order valence-electron chi connectivity index (χ3n) is 4.42. The molecular formula is C15H13NO4. The molecule has 4 rings (SSSR count). The molecule has 1 N–H and O–H groups in total. The fourth-order valence-corrected chi connectivity index (χ4v) is 3.52. The second kappa shape index (κ2) is 3.77. The summed E-state index contributed by atoms with van der Waals surface area (Å²) in [5.74, 6) is -1.65. The van der Waals surface area contributed by atoms with Crippen molar-refractivity contribution in [2.24, 2.45) is 11.8 Å². The van der Waals surface area contributed by atoms with E-state index in [0.29, 0.717) is 5.69 Å². The van der Waals surface area contributed by atoms with Gasteiger partial charge in [0.1, 0.15) is 5.60 Å². The number of imide groups is 1. The Morgan fingerprint density at radius 2 is 1.95 bits per heavy atom. The summed E-state index contributed by atoms with van der Waals surface area (Å²) < 4.78 is 5.67. The first-order valence-corrected chi connectivity index (χ1v) is 6.59. The van der Waals surface area contributed by atoms with E-state index in [9.17, 15) is 14.7 Å². The number of carbonyl (C=O) groups is 2. The predicted molar refractivity (Wildman–Crippen MR) is 69.7 cm³/mol. The van der Waals surface area contributed by atoms with E-state index < -0.39 is 23.5 Å². The Labute approximate surface area is 115 Å². The first kappa shape index (κ1) is 11.8. The van der Waals surface area contributed by atoms with Crippen LogP contribution >= 0.6 is 0 Å². The van der Waals surface area contributed by atoms with E-state index in [1.807, 2.05) is 6.07 Å². The number of ether oxygens (including phenoxy) is 1. The number of aliphatic hydroxyl groups is 1. The Balaban J connectivity index is 1.79. The molecule has 2 saturated heterocycles. The average Bonchev–Trinajstić information content (AvgIpc) is 3.11. The Hall–Kier alpha value is -1.98. The molecule has 1 aromatic carbocycles. The van der Waals surface area contributed by atoms with E-state index in [2.05, 4.69) is 0 Å². The second-order valence-corrected chi connectivity index (χ2v) is 5.41. The Morgan fingerprint density at radius 3 is 2.65 bits per heavy atom. The van der Waals surface area contributed by atoms with E-state index in [1.165, 1.54) is 4.90 Å². The smallest absolute Gasteiger partial charge is 0.241 e. The molecule has 2 fully saturated rings. The van der Waals surface area contributed by atoms with Gasteiger partial charge in [-0.3, -0.25) is 9.59 Å². The Kier molecular flexibility index (Phi) is 2.23. The first-order valence-electron chi connectivity index (χ1n) is 6.59. The number of hydrogen-bond acceptors (Lipinski definition) is 4. The van der Waals surface area contributed by atoms with Gasteiger partial charge < -0.3 is 9.84 Å². The fraction of sp³-hybridized carbons (Fsp3) is 0.333. The summed E-state index contributed by atoms with van der Waals surface area (Å²) in [5, 5.41) is 9.59. The van der Waals surface area contributed by atoms with Crippen LogP contribution in [0.15, 0.2) is 42.5 Å². The van der Waals surface area contributed by atoms with Crippen molar-refractivity contribution in [1.82, 2.24) is 0 Å².